The number of aryl methyl sites for hydroxylation is 1. The van der Waals surface area contributed by atoms with Gasteiger partial charge < -0.3 is 10.7 Å². The molecule has 0 fully saturated rings. The van der Waals surface area contributed by atoms with Gasteiger partial charge in [0.2, 0.25) is 5.91 Å². The summed E-state index contributed by atoms with van der Waals surface area (Å²) >= 11 is 3.53. The third-order valence-corrected chi connectivity index (χ3v) is 2.73. The standard InChI is InChI=1S/C12H10N4O.C6H6.CH4S/c1-8-15-7-11(16-8)3-2-9-4-10(12(13)17)6-14-5-9;1-2-4-6-5-3-1;1-2/h4-7H,1H3,(H2,13,17)(H,15,16);1-6H;2H,1H3. The van der Waals surface area contributed by atoms with E-state index in [2.05, 4.69) is 39.4 Å². The lowest BCUT2D eigenvalue weighted by atomic mass is 10.2. The van der Waals surface area contributed by atoms with Gasteiger partial charge in [-0.1, -0.05) is 42.3 Å². The third kappa shape index (κ3) is 7.86. The highest BCUT2D eigenvalue weighted by molar-refractivity contribution is 7.79. The first kappa shape index (κ1) is 20.0. The maximum Gasteiger partial charge on any atom is 0.250 e. The molecule has 0 aliphatic carbocycles. The fourth-order valence-corrected chi connectivity index (χ4v) is 1.65. The van der Waals surface area contributed by atoms with Crippen LogP contribution in [0.1, 0.15) is 27.4 Å². The van der Waals surface area contributed by atoms with E-state index in [-0.39, 0.29) is 0 Å². The van der Waals surface area contributed by atoms with Gasteiger partial charge in [0.1, 0.15) is 11.5 Å². The van der Waals surface area contributed by atoms with Gasteiger partial charge in [0.05, 0.1) is 11.8 Å². The molecule has 6 heteroatoms. The molecule has 0 saturated heterocycles. The topological polar surface area (TPSA) is 84.7 Å². The van der Waals surface area contributed by atoms with Gasteiger partial charge in [0.15, 0.2) is 0 Å². The smallest absolute Gasteiger partial charge is 0.250 e. The van der Waals surface area contributed by atoms with Crippen LogP contribution in [-0.2, 0) is 0 Å². The lowest BCUT2D eigenvalue weighted by Crippen LogP contribution is -2.11. The van der Waals surface area contributed by atoms with Crippen molar-refractivity contribution in [2.45, 2.75) is 6.92 Å². The molecule has 0 atom stereocenters. The van der Waals surface area contributed by atoms with Crippen LogP contribution in [0.5, 0.6) is 0 Å². The van der Waals surface area contributed by atoms with Crippen LogP contribution in [0.4, 0.5) is 0 Å². The number of H-pyrrole nitrogens is 1. The van der Waals surface area contributed by atoms with Gasteiger partial charge in [-0.3, -0.25) is 9.78 Å². The average Bonchev–Trinajstić information content (AvgIpc) is 3.09. The van der Waals surface area contributed by atoms with Gasteiger partial charge in [0.25, 0.3) is 0 Å². The van der Waals surface area contributed by atoms with Crippen molar-refractivity contribution < 1.29 is 4.79 Å². The average molecular weight is 352 g/mol. The van der Waals surface area contributed by atoms with Crippen LogP contribution in [0.25, 0.3) is 0 Å². The van der Waals surface area contributed by atoms with Crippen LogP contribution >= 0.6 is 12.6 Å². The van der Waals surface area contributed by atoms with Crippen LogP contribution < -0.4 is 5.73 Å². The monoisotopic (exact) mass is 352 g/mol. The number of amides is 1. The van der Waals surface area contributed by atoms with E-state index in [0.29, 0.717) is 16.8 Å². The molecule has 2 aromatic heterocycles. The number of aromatic nitrogens is 3. The SMILES string of the molecule is CS.Cc1ncc(C#Cc2cncc(C(N)=O)c2)[nH]1.c1ccccc1. The Morgan fingerprint density at radius 2 is 1.64 bits per heavy atom. The quantitative estimate of drug-likeness (QED) is 0.465. The molecule has 3 aromatic rings. The molecule has 0 aliphatic rings. The maximum atomic E-state index is 10.9. The molecule has 0 aliphatic heterocycles. The number of carbonyl (C=O) groups excluding carboxylic acids is 1. The van der Waals surface area contributed by atoms with Crippen molar-refractivity contribution in [3.63, 3.8) is 0 Å². The molecular weight excluding hydrogens is 332 g/mol. The zero-order valence-corrected chi connectivity index (χ0v) is 15.0. The molecule has 0 spiro atoms. The molecule has 2 heterocycles. The van der Waals surface area contributed by atoms with E-state index < -0.39 is 5.91 Å². The predicted molar refractivity (Wildman–Crippen MR) is 103 cm³/mol. The second-order valence-electron chi connectivity index (χ2n) is 4.61. The molecule has 0 bridgehead atoms. The molecule has 25 heavy (non-hydrogen) atoms. The van der Waals surface area contributed by atoms with Crippen molar-refractivity contribution >= 4 is 18.5 Å². The number of pyridine rings is 1. The van der Waals surface area contributed by atoms with Gasteiger partial charge in [-0.15, -0.1) is 0 Å². The van der Waals surface area contributed by atoms with E-state index in [4.69, 9.17) is 5.73 Å². The first-order chi connectivity index (χ1) is 12.1. The number of hydrogen-bond acceptors (Lipinski definition) is 4. The Balaban J connectivity index is 0.000000326. The van der Waals surface area contributed by atoms with Gasteiger partial charge in [-0.2, -0.15) is 12.6 Å². The summed E-state index contributed by atoms with van der Waals surface area (Å²) in [5, 5.41) is 0. The van der Waals surface area contributed by atoms with Crippen molar-refractivity contribution in [2.24, 2.45) is 5.73 Å². The molecule has 5 nitrogen and oxygen atoms in total. The number of hydrogen-bond donors (Lipinski definition) is 3. The van der Waals surface area contributed by atoms with Crippen molar-refractivity contribution in [1.82, 2.24) is 15.0 Å². The van der Waals surface area contributed by atoms with Gasteiger partial charge in [0, 0.05) is 18.0 Å². The molecule has 0 saturated carbocycles. The summed E-state index contributed by atoms with van der Waals surface area (Å²) in [4.78, 5) is 21.9. The van der Waals surface area contributed by atoms with E-state index in [1.165, 1.54) is 6.20 Å². The molecule has 0 radical (unpaired) electrons. The number of nitrogens with zero attached hydrogens (tertiary/aromatic N) is 2. The van der Waals surface area contributed by atoms with E-state index >= 15 is 0 Å². The molecule has 0 unspecified atom stereocenters. The summed E-state index contributed by atoms with van der Waals surface area (Å²) in [6, 6.07) is 13.6. The summed E-state index contributed by atoms with van der Waals surface area (Å²) in [5.41, 5.74) is 6.84. The summed E-state index contributed by atoms with van der Waals surface area (Å²) in [7, 11) is 0. The van der Waals surface area contributed by atoms with Crippen molar-refractivity contribution in [1.29, 1.82) is 0 Å². The minimum Gasteiger partial charge on any atom is -0.366 e. The first-order valence-electron chi connectivity index (χ1n) is 7.38. The Morgan fingerprint density at radius 3 is 2.12 bits per heavy atom. The van der Waals surface area contributed by atoms with Crippen LogP contribution in [0.2, 0.25) is 0 Å². The van der Waals surface area contributed by atoms with Crippen LogP contribution in [0.3, 0.4) is 0 Å². The minimum atomic E-state index is -0.515. The molecule has 3 rings (SSSR count). The fraction of sp³-hybridized carbons (Fsp3) is 0.105. The van der Waals surface area contributed by atoms with Gasteiger partial charge >= 0.3 is 0 Å². The summed E-state index contributed by atoms with van der Waals surface area (Å²) < 4.78 is 0. The van der Waals surface area contributed by atoms with E-state index in [1.54, 1.807) is 24.7 Å². The highest BCUT2D eigenvalue weighted by Crippen LogP contribution is 2.01. The number of primary amides is 1. The summed E-state index contributed by atoms with van der Waals surface area (Å²) in [5.74, 6) is 6.05. The predicted octanol–water partition coefficient (Wildman–Crippen LogP) is 2.84. The van der Waals surface area contributed by atoms with Crippen molar-refractivity contribution in [3.05, 3.63) is 83.7 Å². The zero-order chi connectivity index (χ0) is 18.5. The van der Waals surface area contributed by atoms with Crippen LogP contribution in [0, 0.1) is 18.8 Å². The Morgan fingerprint density at radius 1 is 1.04 bits per heavy atom. The normalized spacial score (nSPS) is 8.60. The number of aromatic amines is 1. The molecule has 3 N–H and O–H groups in total. The lowest BCUT2D eigenvalue weighted by molar-refractivity contribution is 0.1000. The molecule has 128 valence electrons. The van der Waals surface area contributed by atoms with E-state index in [0.717, 1.165) is 5.82 Å². The summed E-state index contributed by atoms with van der Waals surface area (Å²) in [6.45, 7) is 1.85. The largest absolute Gasteiger partial charge is 0.366 e. The Hall–Kier alpha value is -3.04. The highest BCUT2D eigenvalue weighted by Gasteiger charge is 2.00. The first-order valence-corrected chi connectivity index (χ1v) is 8.28. The Kier molecular flexibility index (Phi) is 9.19. The Bertz CT molecular complexity index is 808. The number of nitrogens with two attached hydrogens (primary N) is 1. The minimum absolute atomic E-state index is 0.345. The Labute approximate surface area is 153 Å². The van der Waals surface area contributed by atoms with E-state index in [9.17, 15) is 4.79 Å². The van der Waals surface area contributed by atoms with Crippen LogP contribution in [0.15, 0.2) is 61.1 Å². The van der Waals surface area contributed by atoms with Crippen molar-refractivity contribution in [2.75, 3.05) is 6.26 Å². The molecule has 1 aromatic carbocycles. The van der Waals surface area contributed by atoms with Gasteiger partial charge in [-0.25, -0.2) is 4.98 Å². The van der Waals surface area contributed by atoms with Crippen LogP contribution in [-0.4, -0.2) is 27.1 Å². The molecule has 1 amide bonds. The number of thiol groups is 1. The second-order valence-corrected chi connectivity index (χ2v) is 4.61. The lowest BCUT2D eigenvalue weighted by Gasteiger charge is -1.94. The second kappa shape index (κ2) is 11.5. The number of benzene rings is 1. The fourth-order valence-electron chi connectivity index (χ4n) is 1.65. The highest BCUT2D eigenvalue weighted by atomic mass is 32.1. The van der Waals surface area contributed by atoms with E-state index in [1.807, 2.05) is 43.3 Å². The zero-order valence-electron chi connectivity index (χ0n) is 14.1. The third-order valence-electron chi connectivity index (χ3n) is 2.73. The molecular formula is C19H20N4OS. The number of imidazole rings is 1. The number of nitrogens with one attached hydrogen (secondary N) is 1. The summed E-state index contributed by atoms with van der Waals surface area (Å²) in [6.07, 6.45) is 6.32. The number of carbonyl (C=O) groups is 1. The van der Waals surface area contributed by atoms with Crippen molar-refractivity contribution in [3.8, 4) is 11.8 Å². The number of rotatable bonds is 1. The van der Waals surface area contributed by atoms with Gasteiger partial charge in [-0.05, 0) is 25.2 Å². The maximum absolute atomic E-state index is 10.9.